The molecule has 0 atom stereocenters. The van der Waals surface area contributed by atoms with E-state index in [0.29, 0.717) is 11.5 Å². The van der Waals surface area contributed by atoms with Gasteiger partial charge in [0, 0.05) is 0 Å². The molecule has 0 aromatic heterocycles. The molecule has 1 rings (SSSR count). The van der Waals surface area contributed by atoms with Gasteiger partial charge in [0.05, 0.1) is 5.56 Å². The molecule has 0 fully saturated rings. The Hall–Kier alpha value is -1.31. The van der Waals surface area contributed by atoms with E-state index in [-0.39, 0.29) is 0 Å². The van der Waals surface area contributed by atoms with Crippen molar-refractivity contribution in [1.29, 1.82) is 0 Å². The minimum Gasteiger partial charge on any atom is -0.478 e. The second kappa shape index (κ2) is 4.27. The quantitative estimate of drug-likeness (QED) is 0.799. The maximum atomic E-state index is 10.8. The number of carbonyl (C=O) groups is 1. The van der Waals surface area contributed by atoms with Crippen LogP contribution in [0.3, 0.4) is 0 Å². The summed E-state index contributed by atoms with van der Waals surface area (Å²) in [6.07, 6.45) is 0.884. The molecule has 2 nitrogen and oxygen atoms in total. The van der Waals surface area contributed by atoms with Crippen molar-refractivity contribution in [2.45, 2.75) is 33.1 Å². The maximum absolute atomic E-state index is 10.8. The summed E-state index contributed by atoms with van der Waals surface area (Å²) in [7, 11) is 0. The Labute approximate surface area is 84.6 Å². The molecule has 76 valence electrons. The highest BCUT2D eigenvalue weighted by atomic mass is 16.4. The summed E-state index contributed by atoms with van der Waals surface area (Å²) in [6, 6.07) is 5.38. The van der Waals surface area contributed by atoms with E-state index in [0.717, 1.165) is 12.0 Å². The van der Waals surface area contributed by atoms with Gasteiger partial charge in [0.2, 0.25) is 0 Å². The first-order chi connectivity index (χ1) is 6.56. The van der Waals surface area contributed by atoms with Crippen LogP contribution in [0.5, 0.6) is 0 Å². The van der Waals surface area contributed by atoms with Crippen LogP contribution in [0.15, 0.2) is 18.2 Å². The fourth-order valence-corrected chi connectivity index (χ4v) is 1.61. The van der Waals surface area contributed by atoms with Crippen molar-refractivity contribution < 1.29 is 9.90 Å². The third kappa shape index (κ3) is 2.13. The monoisotopic (exact) mass is 192 g/mol. The fourth-order valence-electron chi connectivity index (χ4n) is 1.61. The standard InChI is InChI=1S/C12H16O2/c1-4-9-7-10(12(13)14)5-6-11(9)8(2)3/h5-8H,4H2,1-3H3,(H,13,14). The molecule has 0 aliphatic carbocycles. The summed E-state index contributed by atoms with van der Waals surface area (Å²) in [5.41, 5.74) is 2.77. The Morgan fingerprint density at radius 1 is 1.43 bits per heavy atom. The normalized spacial score (nSPS) is 10.6. The first-order valence-corrected chi connectivity index (χ1v) is 4.92. The highest BCUT2D eigenvalue weighted by molar-refractivity contribution is 5.87. The second-order valence-corrected chi connectivity index (χ2v) is 3.73. The Balaban J connectivity index is 3.18. The Morgan fingerprint density at radius 2 is 2.07 bits per heavy atom. The number of carboxylic acids is 1. The molecule has 0 bridgehead atoms. The van der Waals surface area contributed by atoms with Gasteiger partial charge in [-0.1, -0.05) is 26.8 Å². The van der Waals surface area contributed by atoms with Crippen molar-refractivity contribution in [2.24, 2.45) is 0 Å². The molecule has 0 radical (unpaired) electrons. The van der Waals surface area contributed by atoms with Crippen LogP contribution in [0.1, 0.15) is 48.2 Å². The van der Waals surface area contributed by atoms with E-state index in [9.17, 15) is 4.79 Å². The Bertz CT molecular complexity index is 340. The van der Waals surface area contributed by atoms with E-state index in [1.807, 2.05) is 13.0 Å². The first-order valence-electron chi connectivity index (χ1n) is 4.92. The SMILES string of the molecule is CCc1cc(C(=O)O)ccc1C(C)C. The predicted octanol–water partition coefficient (Wildman–Crippen LogP) is 3.07. The molecular weight excluding hydrogens is 176 g/mol. The third-order valence-electron chi connectivity index (χ3n) is 2.39. The number of benzene rings is 1. The molecule has 0 amide bonds. The Kier molecular flexibility index (Phi) is 3.28. The van der Waals surface area contributed by atoms with Crippen molar-refractivity contribution in [2.75, 3.05) is 0 Å². The lowest BCUT2D eigenvalue weighted by molar-refractivity contribution is 0.0696. The van der Waals surface area contributed by atoms with E-state index in [2.05, 4.69) is 13.8 Å². The van der Waals surface area contributed by atoms with Crippen LogP contribution in [-0.2, 0) is 6.42 Å². The van der Waals surface area contributed by atoms with Gasteiger partial charge in [-0.15, -0.1) is 0 Å². The molecule has 0 saturated carbocycles. The number of hydrogen-bond donors (Lipinski definition) is 1. The van der Waals surface area contributed by atoms with Crippen molar-refractivity contribution in [3.05, 3.63) is 34.9 Å². The second-order valence-electron chi connectivity index (χ2n) is 3.73. The van der Waals surface area contributed by atoms with E-state index in [1.54, 1.807) is 12.1 Å². The zero-order chi connectivity index (χ0) is 10.7. The number of carboxylic acid groups (broad SMARTS) is 1. The van der Waals surface area contributed by atoms with E-state index < -0.39 is 5.97 Å². The first kappa shape index (κ1) is 10.8. The molecule has 14 heavy (non-hydrogen) atoms. The molecule has 2 heteroatoms. The summed E-state index contributed by atoms with van der Waals surface area (Å²) in [6.45, 7) is 6.29. The van der Waals surface area contributed by atoms with Crippen LogP contribution < -0.4 is 0 Å². The van der Waals surface area contributed by atoms with Crippen LogP contribution in [0.2, 0.25) is 0 Å². The van der Waals surface area contributed by atoms with Gasteiger partial charge in [-0.3, -0.25) is 0 Å². The van der Waals surface area contributed by atoms with Crippen LogP contribution >= 0.6 is 0 Å². The lowest BCUT2D eigenvalue weighted by Gasteiger charge is -2.11. The predicted molar refractivity (Wildman–Crippen MR) is 56.9 cm³/mol. The smallest absolute Gasteiger partial charge is 0.335 e. The van der Waals surface area contributed by atoms with Gasteiger partial charge in [0.1, 0.15) is 0 Å². The average Bonchev–Trinajstić information content (AvgIpc) is 2.16. The summed E-state index contributed by atoms with van der Waals surface area (Å²) < 4.78 is 0. The van der Waals surface area contributed by atoms with Crippen LogP contribution in [0.25, 0.3) is 0 Å². The largest absolute Gasteiger partial charge is 0.478 e. The molecule has 0 spiro atoms. The van der Waals surface area contributed by atoms with Gasteiger partial charge in [-0.2, -0.15) is 0 Å². The highest BCUT2D eigenvalue weighted by Gasteiger charge is 2.09. The number of aryl methyl sites for hydroxylation is 1. The summed E-state index contributed by atoms with van der Waals surface area (Å²) in [5, 5.41) is 8.83. The third-order valence-corrected chi connectivity index (χ3v) is 2.39. The fraction of sp³-hybridized carbons (Fsp3) is 0.417. The van der Waals surface area contributed by atoms with Crippen molar-refractivity contribution in [3.63, 3.8) is 0 Å². The van der Waals surface area contributed by atoms with E-state index in [1.165, 1.54) is 5.56 Å². The van der Waals surface area contributed by atoms with Gasteiger partial charge in [0.25, 0.3) is 0 Å². The molecule has 0 unspecified atom stereocenters. The lowest BCUT2D eigenvalue weighted by atomic mass is 9.94. The minimum absolute atomic E-state index is 0.381. The summed E-state index contributed by atoms with van der Waals surface area (Å²) >= 11 is 0. The van der Waals surface area contributed by atoms with Crippen molar-refractivity contribution >= 4 is 5.97 Å². The number of aromatic carboxylic acids is 1. The minimum atomic E-state index is -0.852. The van der Waals surface area contributed by atoms with Gasteiger partial charge >= 0.3 is 5.97 Å². The maximum Gasteiger partial charge on any atom is 0.335 e. The molecule has 1 N–H and O–H groups in total. The van der Waals surface area contributed by atoms with Crippen LogP contribution in [0, 0.1) is 0 Å². The lowest BCUT2D eigenvalue weighted by Crippen LogP contribution is -2.01. The van der Waals surface area contributed by atoms with Gasteiger partial charge in [0.15, 0.2) is 0 Å². The molecule has 1 aromatic carbocycles. The molecule has 0 aliphatic rings. The molecule has 0 heterocycles. The number of rotatable bonds is 3. The topological polar surface area (TPSA) is 37.3 Å². The van der Waals surface area contributed by atoms with Crippen LogP contribution in [0.4, 0.5) is 0 Å². The number of hydrogen-bond acceptors (Lipinski definition) is 1. The van der Waals surface area contributed by atoms with Crippen LogP contribution in [-0.4, -0.2) is 11.1 Å². The summed E-state index contributed by atoms with van der Waals surface area (Å²) in [5.74, 6) is -0.400. The van der Waals surface area contributed by atoms with E-state index in [4.69, 9.17) is 5.11 Å². The average molecular weight is 192 g/mol. The zero-order valence-electron chi connectivity index (χ0n) is 8.87. The molecule has 1 aromatic rings. The highest BCUT2D eigenvalue weighted by Crippen LogP contribution is 2.21. The Morgan fingerprint density at radius 3 is 2.50 bits per heavy atom. The van der Waals surface area contributed by atoms with Crippen molar-refractivity contribution in [3.8, 4) is 0 Å². The van der Waals surface area contributed by atoms with Gasteiger partial charge in [-0.05, 0) is 35.6 Å². The summed E-state index contributed by atoms with van der Waals surface area (Å²) in [4.78, 5) is 10.8. The van der Waals surface area contributed by atoms with Gasteiger partial charge in [-0.25, -0.2) is 4.79 Å². The molecule has 0 aliphatic heterocycles. The van der Waals surface area contributed by atoms with Gasteiger partial charge < -0.3 is 5.11 Å². The molecule has 0 saturated heterocycles. The molecular formula is C12H16O2. The zero-order valence-corrected chi connectivity index (χ0v) is 8.87. The van der Waals surface area contributed by atoms with Crippen molar-refractivity contribution in [1.82, 2.24) is 0 Å². The van der Waals surface area contributed by atoms with E-state index >= 15 is 0 Å².